The Morgan fingerprint density at radius 1 is 1.31 bits per heavy atom. The maximum atomic E-state index is 11.5. The summed E-state index contributed by atoms with van der Waals surface area (Å²) < 4.78 is 25.2. The van der Waals surface area contributed by atoms with E-state index in [1.807, 2.05) is 0 Å². The molecule has 0 saturated heterocycles. The molecule has 1 aromatic rings. The fourth-order valence-corrected chi connectivity index (χ4v) is 2.52. The normalized spacial score (nSPS) is 18.4. The van der Waals surface area contributed by atoms with Crippen LogP contribution in [0, 0.1) is 0 Å². The summed E-state index contributed by atoms with van der Waals surface area (Å²) in [5.41, 5.74) is 0.909. The first-order chi connectivity index (χ1) is 7.54. The van der Waals surface area contributed by atoms with E-state index in [4.69, 9.17) is 0 Å². The Hall–Kier alpha value is -0.910. The summed E-state index contributed by atoms with van der Waals surface area (Å²) in [6.07, 6.45) is 1.95. The molecule has 1 aromatic carbocycles. The van der Waals surface area contributed by atoms with Crippen LogP contribution in [0.3, 0.4) is 0 Å². The van der Waals surface area contributed by atoms with E-state index < -0.39 is 10.0 Å². The van der Waals surface area contributed by atoms with Crippen molar-refractivity contribution in [2.75, 3.05) is 13.7 Å². The molecular weight excluding hydrogens is 226 g/mol. The second-order valence-corrected chi connectivity index (χ2v) is 6.06. The zero-order valence-corrected chi connectivity index (χ0v) is 9.92. The van der Waals surface area contributed by atoms with Gasteiger partial charge in [-0.2, -0.15) is 0 Å². The molecule has 0 aromatic heterocycles. The van der Waals surface area contributed by atoms with E-state index in [-0.39, 0.29) is 16.9 Å². The highest BCUT2D eigenvalue weighted by Gasteiger charge is 2.43. The van der Waals surface area contributed by atoms with Gasteiger partial charge in [-0.15, -0.1) is 0 Å². The van der Waals surface area contributed by atoms with Crippen LogP contribution in [-0.2, 0) is 15.4 Å². The van der Waals surface area contributed by atoms with Crippen molar-refractivity contribution in [3.8, 4) is 0 Å². The minimum Gasteiger partial charge on any atom is -0.395 e. The lowest BCUT2D eigenvalue weighted by molar-refractivity contribution is 0.255. The van der Waals surface area contributed by atoms with Crippen molar-refractivity contribution in [2.45, 2.75) is 23.2 Å². The van der Waals surface area contributed by atoms with Crippen molar-refractivity contribution in [2.24, 2.45) is 0 Å². The molecule has 0 radical (unpaired) electrons. The molecule has 0 spiro atoms. The van der Waals surface area contributed by atoms with E-state index >= 15 is 0 Å². The SMILES string of the molecule is CNS(=O)(=O)c1ccc(C2(CO)CC2)cc1. The molecule has 1 fully saturated rings. The fraction of sp³-hybridized carbons (Fsp3) is 0.455. The summed E-state index contributed by atoms with van der Waals surface area (Å²) in [7, 11) is -1.97. The van der Waals surface area contributed by atoms with E-state index in [9.17, 15) is 13.5 Å². The van der Waals surface area contributed by atoms with Crippen molar-refractivity contribution in [3.05, 3.63) is 29.8 Å². The summed E-state index contributed by atoms with van der Waals surface area (Å²) >= 11 is 0. The lowest BCUT2D eigenvalue weighted by Gasteiger charge is -2.12. The van der Waals surface area contributed by atoms with Crippen molar-refractivity contribution in [3.63, 3.8) is 0 Å². The van der Waals surface area contributed by atoms with Gasteiger partial charge in [-0.25, -0.2) is 13.1 Å². The van der Waals surface area contributed by atoms with Gasteiger partial charge in [0.15, 0.2) is 0 Å². The first-order valence-corrected chi connectivity index (χ1v) is 6.67. The minimum atomic E-state index is -3.36. The van der Waals surface area contributed by atoms with Crippen LogP contribution in [0.2, 0.25) is 0 Å². The number of aliphatic hydroxyl groups is 1. The second-order valence-electron chi connectivity index (χ2n) is 4.17. The Morgan fingerprint density at radius 3 is 2.25 bits per heavy atom. The highest BCUT2D eigenvalue weighted by atomic mass is 32.2. The van der Waals surface area contributed by atoms with Crippen LogP contribution in [0.5, 0.6) is 0 Å². The molecule has 0 amide bonds. The maximum Gasteiger partial charge on any atom is 0.240 e. The number of nitrogens with one attached hydrogen (secondary N) is 1. The lowest BCUT2D eigenvalue weighted by atomic mass is 9.97. The molecule has 1 aliphatic carbocycles. The largest absolute Gasteiger partial charge is 0.395 e. The smallest absolute Gasteiger partial charge is 0.240 e. The number of rotatable bonds is 4. The third-order valence-electron chi connectivity index (χ3n) is 3.20. The monoisotopic (exact) mass is 241 g/mol. The maximum absolute atomic E-state index is 11.5. The zero-order chi connectivity index (χ0) is 11.8. The van der Waals surface area contributed by atoms with Crippen LogP contribution in [0.15, 0.2) is 29.2 Å². The fourth-order valence-electron chi connectivity index (χ4n) is 1.79. The summed E-state index contributed by atoms with van der Waals surface area (Å²) in [6.45, 7) is 0.130. The van der Waals surface area contributed by atoms with E-state index in [1.54, 1.807) is 24.3 Å². The molecule has 88 valence electrons. The van der Waals surface area contributed by atoms with E-state index in [0.717, 1.165) is 18.4 Å². The van der Waals surface area contributed by atoms with Crippen LogP contribution >= 0.6 is 0 Å². The van der Waals surface area contributed by atoms with Gasteiger partial charge in [-0.1, -0.05) is 12.1 Å². The van der Waals surface area contributed by atoms with Crippen molar-refractivity contribution in [1.82, 2.24) is 4.72 Å². The molecule has 0 unspecified atom stereocenters. The molecule has 2 N–H and O–H groups in total. The van der Waals surface area contributed by atoms with Crippen LogP contribution < -0.4 is 4.72 Å². The van der Waals surface area contributed by atoms with Crippen molar-refractivity contribution < 1.29 is 13.5 Å². The molecule has 2 rings (SSSR count). The standard InChI is InChI=1S/C11H15NO3S/c1-12-16(14,15)10-4-2-9(3-5-10)11(8-13)6-7-11/h2-5,12-13H,6-8H2,1H3. The molecule has 0 bridgehead atoms. The van der Waals surface area contributed by atoms with Crippen LogP contribution in [0.4, 0.5) is 0 Å². The zero-order valence-electron chi connectivity index (χ0n) is 9.10. The number of hydrogen-bond acceptors (Lipinski definition) is 3. The van der Waals surface area contributed by atoms with E-state index in [2.05, 4.69) is 4.72 Å². The number of benzene rings is 1. The summed E-state index contributed by atoms with van der Waals surface area (Å²) in [5.74, 6) is 0. The molecule has 0 aliphatic heterocycles. The van der Waals surface area contributed by atoms with Gasteiger partial charge in [0.25, 0.3) is 0 Å². The lowest BCUT2D eigenvalue weighted by Crippen LogP contribution is -2.19. The molecule has 1 aliphatic rings. The van der Waals surface area contributed by atoms with Gasteiger partial charge in [0.05, 0.1) is 11.5 Å². The van der Waals surface area contributed by atoms with Crippen LogP contribution in [-0.4, -0.2) is 27.2 Å². The predicted octanol–water partition coefficient (Wildman–Crippen LogP) is 0.619. The van der Waals surface area contributed by atoms with Gasteiger partial charge in [-0.3, -0.25) is 0 Å². The summed E-state index contributed by atoms with van der Waals surface area (Å²) in [5, 5.41) is 9.25. The van der Waals surface area contributed by atoms with Gasteiger partial charge in [0.1, 0.15) is 0 Å². The third-order valence-corrected chi connectivity index (χ3v) is 4.63. The van der Waals surface area contributed by atoms with Gasteiger partial charge in [0, 0.05) is 5.41 Å². The van der Waals surface area contributed by atoms with Crippen molar-refractivity contribution in [1.29, 1.82) is 0 Å². The molecule has 4 nitrogen and oxygen atoms in total. The Labute approximate surface area is 95.4 Å². The first-order valence-electron chi connectivity index (χ1n) is 5.19. The number of hydrogen-bond donors (Lipinski definition) is 2. The van der Waals surface area contributed by atoms with E-state index in [1.165, 1.54) is 7.05 Å². The molecular formula is C11H15NO3S. The van der Waals surface area contributed by atoms with Crippen LogP contribution in [0.25, 0.3) is 0 Å². The third kappa shape index (κ3) is 1.86. The second kappa shape index (κ2) is 3.84. The highest BCUT2D eigenvalue weighted by Crippen LogP contribution is 2.47. The Bertz CT molecular complexity index is 474. The van der Waals surface area contributed by atoms with Crippen molar-refractivity contribution >= 4 is 10.0 Å². The van der Waals surface area contributed by atoms with Gasteiger partial charge in [-0.05, 0) is 37.6 Å². The van der Waals surface area contributed by atoms with Gasteiger partial charge < -0.3 is 5.11 Å². The quantitative estimate of drug-likeness (QED) is 0.812. The Kier molecular flexibility index (Phi) is 2.77. The summed E-state index contributed by atoms with van der Waals surface area (Å²) in [4.78, 5) is 0.257. The molecule has 16 heavy (non-hydrogen) atoms. The van der Waals surface area contributed by atoms with E-state index in [0.29, 0.717) is 0 Å². The highest BCUT2D eigenvalue weighted by molar-refractivity contribution is 7.89. The van der Waals surface area contributed by atoms with Gasteiger partial charge >= 0.3 is 0 Å². The molecule has 5 heteroatoms. The van der Waals surface area contributed by atoms with Gasteiger partial charge in [0.2, 0.25) is 10.0 Å². The average molecular weight is 241 g/mol. The van der Waals surface area contributed by atoms with Crippen LogP contribution in [0.1, 0.15) is 18.4 Å². The number of aliphatic hydroxyl groups excluding tert-OH is 1. The minimum absolute atomic E-state index is 0.109. The Balaban J connectivity index is 2.31. The average Bonchev–Trinajstić information content (AvgIpc) is 3.10. The first kappa shape index (κ1) is 11.6. The topological polar surface area (TPSA) is 66.4 Å². The molecule has 0 atom stereocenters. The molecule has 1 saturated carbocycles. The summed E-state index contributed by atoms with van der Waals surface area (Å²) in [6, 6.07) is 6.73. The number of sulfonamides is 1. The molecule has 0 heterocycles. The Morgan fingerprint density at radius 2 is 1.88 bits per heavy atom. The predicted molar refractivity (Wildman–Crippen MR) is 60.7 cm³/mol.